The van der Waals surface area contributed by atoms with Crippen LogP contribution in [0.3, 0.4) is 0 Å². The van der Waals surface area contributed by atoms with Crippen molar-refractivity contribution < 1.29 is 17.9 Å². The molecule has 0 bridgehead atoms. The number of aryl methyl sites for hydroxylation is 1. The monoisotopic (exact) mass is 473 g/mol. The van der Waals surface area contributed by atoms with Crippen LogP contribution in [-0.4, -0.2) is 49.5 Å². The molecule has 0 saturated carbocycles. The number of hydrogen-bond acceptors (Lipinski definition) is 5. The third-order valence-corrected chi connectivity index (χ3v) is 8.55. The fraction of sp³-hybridized carbons (Fsp3) is 0.391. The zero-order chi connectivity index (χ0) is 22.9. The van der Waals surface area contributed by atoms with Crippen molar-refractivity contribution in [1.29, 1.82) is 0 Å². The first kappa shape index (κ1) is 22.8. The molecule has 3 aromatic rings. The normalized spacial score (nSPS) is 16.2. The molecule has 0 spiro atoms. The summed E-state index contributed by atoms with van der Waals surface area (Å²) in [4.78, 5) is 18.0. The third-order valence-electron chi connectivity index (χ3n) is 5.60. The SMILES string of the molecule is CCn1c(=NC(=O)c2ccc(S(=O)(=O)N3CCOCC3)cc2)sc2cc(C(C)C)ccc21. The maximum atomic E-state index is 12.8. The van der Waals surface area contributed by atoms with Gasteiger partial charge in [-0.3, -0.25) is 4.79 Å². The van der Waals surface area contributed by atoms with E-state index < -0.39 is 15.9 Å². The minimum Gasteiger partial charge on any atom is -0.379 e. The van der Waals surface area contributed by atoms with Crippen molar-refractivity contribution in [3.8, 4) is 0 Å². The molecule has 4 rings (SSSR count). The maximum absolute atomic E-state index is 12.8. The Morgan fingerprint density at radius 2 is 1.81 bits per heavy atom. The standard InChI is InChI=1S/C23H27N3O4S2/c1-4-26-20-10-7-18(16(2)3)15-21(20)31-23(26)24-22(27)17-5-8-19(9-6-17)32(28,29)25-11-13-30-14-12-25/h5-10,15-16H,4,11-14H2,1-3H3. The van der Waals surface area contributed by atoms with Crippen molar-refractivity contribution in [2.45, 2.75) is 38.1 Å². The Bertz CT molecular complexity index is 1300. The second kappa shape index (κ2) is 9.27. The van der Waals surface area contributed by atoms with Gasteiger partial charge in [0.2, 0.25) is 10.0 Å². The lowest BCUT2D eigenvalue weighted by atomic mass is 10.0. The molecule has 9 heteroatoms. The molecule has 1 aliphatic heterocycles. The highest BCUT2D eigenvalue weighted by Crippen LogP contribution is 2.24. The number of amides is 1. The highest BCUT2D eigenvalue weighted by atomic mass is 32.2. The summed E-state index contributed by atoms with van der Waals surface area (Å²) in [6, 6.07) is 12.4. The number of thiazole rings is 1. The van der Waals surface area contributed by atoms with Gasteiger partial charge in [-0.2, -0.15) is 9.30 Å². The summed E-state index contributed by atoms with van der Waals surface area (Å²) in [5.74, 6) is 0.0315. The first-order valence-corrected chi connectivity index (χ1v) is 13.0. The molecule has 1 saturated heterocycles. The number of fused-ring (bicyclic) bond motifs is 1. The van der Waals surface area contributed by atoms with Crippen LogP contribution in [0, 0.1) is 0 Å². The lowest BCUT2D eigenvalue weighted by Gasteiger charge is -2.26. The Kier molecular flexibility index (Phi) is 6.62. The molecule has 32 heavy (non-hydrogen) atoms. The molecule has 0 radical (unpaired) electrons. The molecule has 170 valence electrons. The molecule has 1 aromatic heterocycles. The van der Waals surface area contributed by atoms with Crippen LogP contribution in [-0.2, 0) is 21.3 Å². The van der Waals surface area contributed by atoms with Crippen LogP contribution in [0.1, 0.15) is 42.6 Å². The highest BCUT2D eigenvalue weighted by Gasteiger charge is 2.26. The summed E-state index contributed by atoms with van der Waals surface area (Å²) < 4.78 is 35.3. The molecular formula is C23H27N3O4S2. The van der Waals surface area contributed by atoms with Gasteiger partial charge in [0, 0.05) is 25.2 Å². The van der Waals surface area contributed by atoms with Gasteiger partial charge in [-0.1, -0.05) is 31.3 Å². The van der Waals surface area contributed by atoms with E-state index in [1.54, 1.807) is 0 Å². The van der Waals surface area contributed by atoms with Crippen molar-refractivity contribution in [3.05, 3.63) is 58.4 Å². The number of carbonyl (C=O) groups excluding carboxylic acids is 1. The number of sulfonamides is 1. The summed E-state index contributed by atoms with van der Waals surface area (Å²) in [7, 11) is -3.59. The number of carbonyl (C=O) groups is 1. The van der Waals surface area contributed by atoms with E-state index in [-0.39, 0.29) is 4.90 Å². The van der Waals surface area contributed by atoms with Gasteiger partial charge in [-0.15, -0.1) is 0 Å². The van der Waals surface area contributed by atoms with Gasteiger partial charge < -0.3 is 9.30 Å². The summed E-state index contributed by atoms with van der Waals surface area (Å²) in [6.07, 6.45) is 0. The Balaban J connectivity index is 1.64. The Morgan fingerprint density at radius 3 is 2.44 bits per heavy atom. The van der Waals surface area contributed by atoms with Gasteiger partial charge in [0.15, 0.2) is 4.80 Å². The van der Waals surface area contributed by atoms with E-state index in [2.05, 4.69) is 37.0 Å². The average Bonchev–Trinajstić information content (AvgIpc) is 3.15. The van der Waals surface area contributed by atoms with Gasteiger partial charge in [-0.05, 0) is 54.8 Å². The fourth-order valence-corrected chi connectivity index (χ4v) is 6.25. The minimum absolute atomic E-state index is 0.169. The molecule has 0 atom stereocenters. The van der Waals surface area contributed by atoms with E-state index in [0.717, 1.165) is 10.2 Å². The van der Waals surface area contributed by atoms with Gasteiger partial charge in [0.1, 0.15) is 0 Å². The van der Waals surface area contributed by atoms with Crippen LogP contribution < -0.4 is 4.80 Å². The lowest BCUT2D eigenvalue weighted by molar-refractivity contribution is 0.0730. The predicted octanol–water partition coefficient (Wildman–Crippen LogP) is 3.61. The zero-order valence-corrected chi connectivity index (χ0v) is 20.1. The second-order valence-corrected chi connectivity index (χ2v) is 10.9. The van der Waals surface area contributed by atoms with Crippen LogP contribution >= 0.6 is 11.3 Å². The van der Waals surface area contributed by atoms with E-state index in [1.807, 2.05) is 11.5 Å². The highest BCUT2D eigenvalue weighted by molar-refractivity contribution is 7.89. The molecule has 0 aliphatic carbocycles. The number of aromatic nitrogens is 1. The van der Waals surface area contributed by atoms with Crippen LogP contribution in [0.4, 0.5) is 0 Å². The first-order valence-electron chi connectivity index (χ1n) is 10.7. The summed E-state index contributed by atoms with van der Waals surface area (Å²) in [6.45, 7) is 8.47. The van der Waals surface area contributed by atoms with Crippen LogP contribution in [0.5, 0.6) is 0 Å². The van der Waals surface area contributed by atoms with E-state index >= 15 is 0 Å². The van der Waals surface area contributed by atoms with Crippen molar-refractivity contribution in [3.63, 3.8) is 0 Å². The molecular weight excluding hydrogens is 446 g/mol. The van der Waals surface area contributed by atoms with E-state index in [9.17, 15) is 13.2 Å². The molecule has 1 amide bonds. The lowest BCUT2D eigenvalue weighted by Crippen LogP contribution is -2.40. The van der Waals surface area contributed by atoms with Crippen LogP contribution in [0.15, 0.2) is 52.4 Å². The summed E-state index contributed by atoms with van der Waals surface area (Å²) in [5, 5.41) is 0. The molecule has 0 N–H and O–H groups in total. The number of morpholine rings is 1. The Labute approximate surface area is 192 Å². The van der Waals surface area contributed by atoms with Crippen molar-refractivity contribution in [2.24, 2.45) is 4.99 Å². The number of nitrogens with zero attached hydrogens (tertiary/aromatic N) is 3. The van der Waals surface area contributed by atoms with Gasteiger partial charge in [0.25, 0.3) is 5.91 Å². The maximum Gasteiger partial charge on any atom is 0.279 e. The number of hydrogen-bond donors (Lipinski definition) is 0. The molecule has 7 nitrogen and oxygen atoms in total. The Hall–Kier alpha value is -2.33. The van der Waals surface area contributed by atoms with E-state index in [4.69, 9.17) is 4.74 Å². The second-order valence-electron chi connectivity index (χ2n) is 7.97. The van der Waals surface area contributed by atoms with Gasteiger partial charge in [0.05, 0.1) is 28.3 Å². The molecule has 1 fully saturated rings. The van der Waals surface area contributed by atoms with Gasteiger partial charge in [-0.25, -0.2) is 8.42 Å². The molecule has 1 aliphatic rings. The van der Waals surface area contributed by atoms with Crippen LogP contribution in [0.25, 0.3) is 10.2 Å². The third kappa shape index (κ3) is 4.43. The fourth-order valence-electron chi connectivity index (χ4n) is 3.70. The number of ether oxygens (including phenoxy) is 1. The largest absolute Gasteiger partial charge is 0.379 e. The summed E-state index contributed by atoms with van der Waals surface area (Å²) in [5.41, 5.74) is 2.66. The minimum atomic E-state index is -3.59. The van der Waals surface area contributed by atoms with Crippen molar-refractivity contribution in [2.75, 3.05) is 26.3 Å². The van der Waals surface area contributed by atoms with Crippen molar-refractivity contribution >= 4 is 37.5 Å². The zero-order valence-electron chi connectivity index (χ0n) is 18.4. The molecule has 2 aromatic carbocycles. The average molecular weight is 474 g/mol. The van der Waals surface area contributed by atoms with Crippen LogP contribution in [0.2, 0.25) is 0 Å². The van der Waals surface area contributed by atoms with E-state index in [1.165, 1.54) is 45.5 Å². The number of benzene rings is 2. The van der Waals surface area contributed by atoms with E-state index in [0.29, 0.717) is 49.1 Å². The quantitative estimate of drug-likeness (QED) is 0.567. The van der Waals surface area contributed by atoms with Gasteiger partial charge >= 0.3 is 0 Å². The molecule has 2 heterocycles. The van der Waals surface area contributed by atoms with Crippen molar-refractivity contribution in [1.82, 2.24) is 8.87 Å². The predicted molar refractivity (Wildman–Crippen MR) is 125 cm³/mol. The topological polar surface area (TPSA) is 81.0 Å². The smallest absolute Gasteiger partial charge is 0.279 e. The summed E-state index contributed by atoms with van der Waals surface area (Å²) >= 11 is 1.49. The Morgan fingerprint density at radius 1 is 1.12 bits per heavy atom. The first-order chi connectivity index (χ1) is 15.3. The number of rotatable bonds is 5. The molecule has 0 unspecified atom stereocenters.